The molecular formula is C17H36O3. The first-order chi connectivity index (χ1) is 9.27. The number of rotatable bonds is 13. The van der Waals surface area contributed by atoms with Crippen molar-refractivity contribution < 1.29 is 15.3 Å². The first-order valence-electron chi connectivity index (χ1n) is 8.32. The van der Waals surface area contributed by atoms with E-state index in [1.807, 2.05) is 6.92 Å². The highest BCUT2D eigenvalue weighted by Crippen LogP contribution is 2.24. The molecule has 0 heterocycles. The predicted octanol–water partition coefficient (Wildman–Crippen LogP) is 3.79. The molecule has 0 aliphatic heterocycles. The Morgan fingerprint density at radius 2 is 1.05 bits per heavy atom. The maximum Gasteiger partial charge on any atom is 0.0620 e. The second kappa shape index (κ2) is 10.6. The summed E-state index contributed by atoms with van der Waals surface area (Å²) >= 11 is 0. The lowest BCUT2D eigenvalue weighted by Gasteiger charge is -2.27. The summed E-state index contributed by atoms with van der Waals surface area (Å²) in [5.74, 6) is 0. The summed E-state index contributed by atoms with van der Waals surface area (Å²) in [6, 6.07) is 0. The second-order valence-electron chi connectivity index (χ2n) is 7.11. The van der Waals surface area contributed by atoms with Crippen LogP contribution in [-0.4, -0.2) is 33.1 Å². The Hall–Kier alpha value is -0.120. The van der Waals surface area contributed by atoms with Crippen LogP contribution in [-0.2, 0) is 0 Å². The number of aliphatic hydroxyl groups excluding tert-OH is 1. The molecule has 1 unspecified atom stereocenters. The van der Waals surface area contributed by atoms with Crippen molar-refractivity contribution in [2.24, 2.45) is 0 Å². The standard InChI is InChI=1S/C17H36O3/c1-16(2,19)13-14-17(3,20)12-10-8-6-4-5-7-9-11-15-18/h18-20H,4-15H2,1-3H3. The van der Waals surface area contributed by atoms with Crippen molar-refractivity contribution in [1.82, 2.24) is 0 Å². The maximum absolute atomic E-state index is 10.2. The lowest BCUT2D eigenvalue weighted by Crippen LogP contribution is -2.29. The van der Waals surface area contributed by atoms with Crippen LogP contribution >= 0.6 is 0 Å². The second-order valence-corrected chi connectivity index (χ2v) is 7.11. The smallest absolute Gasteiger partial charge is 0.0620 e. The van der Waals surface area contributed by atoms with Crippen molar-refractivity contribution >= 4 is 0 Å². The fraction of sp³-hybridized carbons (Fsp3) is 1.00. The molecule has 3 nitrogen and oxygen atoms in total. The summed E-state index contributed by atoms with van der Waals surface area (Å²) < 4.78 is 0. The molecule has 20 heavy (non-hydrogen) atoms. The average molecular weight is 288 g/mol. The molecule has 122 valence electrons. The summed E-state index contributed by atoms with van der Waals surface area (Å²) in [5.41, 5.74) is -1.32. The molecular weight excluding hydrogens is 252 g/mol. The Morgan fingerprint density at radius 3 is 1.50 bits per heavy atom. The monoisotopic (exact) mass is 288 g/mol. The van der Waals surface area contributed by atoms with E-state index in [1.54, 1.807) is 13.8 Å². The van der Waals surface area contributed by atoms with Gasteiger partial charge in [-0.2, -0.15) is 0 Å². The third-order valence-electron chi connectivity index (χ3n) is 3.90. The van der Waals surface area contributed by atoms with E-state index in [1.165, 1.54) is 32.1 Å². The van der Waals surface area contributed by atoms with Gasteiger partial charge in [0.1, 0.15) is 0 Å². The highest BCUT2D eigenvalue weighted by molar-refractivity contribution is 4.77. The molecule has 0 spiro atoms. The molecule has 0 aromatic heterocycles. The van der Waals surface area contributed by atoms with Crippen LogP contribution in [0.1, 0.15) is 91.4 Å². The number of hydrogen-bond acceptors (Lipinski definition) is 3. The van der Waals surface area contributed by atoms with Crippen LogP contribution < -0.4 is 0 Å². The first kappa shape index (κ1) is 19.9. The van der Waals surface area contributed by atoms with Crippen LogP contribution in [0, 0.1) is 0 Å². The van der Waals surface area contributed by atoms with Crippen molar-refractivity contribution in [3.8, 4) is 0 Å². The fourth-order valence-corrected chi connectivity index (χ4v) is 2.38. The van der Waals surface area contributed by atoms with Gasteiger partial charge < -0.3 is 15.3 Å². The van der Waals surface area contributed by atoms with Crippen LogP contribution in [0.15, 0.2) is 0 Å². The van der Waals surface area contributed by atoms with E-state index in [0.29, 0.717) is 19.4 Å². The van der Waals surface area contributed by atoms with Gasteiger partial charge in [-0.25, -0.2) is 0 Å². The molecule has 0 saturated carbocycles. The molecule has 0 aromatic rings. The largest absolute Gasteiger partial charge is 0.396 e. The van der Waals surface area contributed by atoms with Gasteiger partial charge >= 0.3 is 0 Å². The van der Waals surface area contributed by atoms with E-state index in [2.05, 4.69) is 0 Å². The van der Waals surface area contributed by atoms with Crippen molar-refractivity contribution in [3.05, 3.63) is 0 Å². The average Bonchev–Trinajstić information content (AvgIpc) is 2.34. The van der Waals surface area contributed by atoms with Gasteiger partial charge in [-0.15, -0.1) is 0 Å². The topological polar surface area (TPSA) is 60.7 Å². The SMILES string of the molecule is CC(C)(O)CCC(C)(O)CCCCCCCCCCO. The highest BCUT2D eigenvalue weighted by Gasteiger charge is 2.23. The van der Waals surface area contributed by atoms with Crippen LogP contribution in [0.2, 0.25) is 0 Å². The van der Waals surface area contributed by atoms with Crippen molar-refractivity contribution in [2.75, 3.05) is 6.61 Å². The molecule has 0 aromatic carbocycles. The van der Waals surface area contributed by atoms with Crippen LogP contribution in [0.3, 0.4) is 0 Å². The molecule has 3 heteroatoms. The van der Waals surface area contributed by atoms with Gasteiger partial charge in [-0.3, -0.25) is 0 Å². The molecule has 0 fully saturated rings. The van der Waals surface area contributed by atoms with Crippen LogP contribution in [0.25, 0.3) is 0 Å². The Balaban J connectivity index is 3.44. The molecule has 1 atom stereocenters. The summed E-state index contributed by atoms with van der Waals surface area (Å²) in [6.45, 7) is 5.78. The molecule has 0 rings (SSSR count). The van der Waals surface area contributed by atoms with Gasteiger partial charge in [0.25, 0.3) is 0 Å². The lowest BCUT2D eigenvalue weighted by atomic mass is 9.88. The van der Waals surface area contributed by atoms with E-state index < -0.39 is 11.2 Å². The Bertz CT molecular complexity index is 219. The Morgan fingerprint density at radius 1 is 0.600 bits per heavy atom. The van der Waals surface area contributed by atoms with Gasteiger partial charge in [0.05, 0.1) is 11.2 Å². The third kappa shape index (κ3) is 14.3. The van der Waals surface area contributed by atoms with Gasteiger partial charge in [0, 0.05) is 6.61 Å². The fourth-order valence-electron chi connectivity index (χ4n) is 2.38. The Labute approximate surface area is 125 Å². The number of unbranched alkanes of at least 4 members (excludes halogenated alkanes) is 7. The molecule has 0 bridgehead atoms. The summed E-state index contributed by atoms with van der Waals surface area (Å²) in [7, 11) is 0. The zero-order chi connectivity index (χ0) is 15.5. The third-order valence-corrected chi connectivity index (χ3v) is 3.90. The first-order valence-corrected chi connectivity index (χ1v) is 8.32. The minimum Gasteiger partial charge on any atom is -0.396 e. The minimum absolute atomic E-state index is 0.319. The van der Waals surface area contributed by atoms with E-state index in [9.17, 15) is 10.2 Å². The molecule has 0 aliphatic rings. The molecule has 3 N–H and O–H groups in total. The molecule has 0 radical (unpaired) electrons. The number of aliphatic hydroxyl groups is 3. The van der Waals surface area contributed by atoms with Crippen LogP contribution in [0.5, 0.6) is 0 Å². The number of hydrogen-bond donors (Lipinski definition) is 3. The zero-order valence-electron chi connectivity index (χ0n) is 13.8. The van der Waals surface area contributed by atoms with E-state index in [0.717, 1.165) is 25.7 Å². The molecule has 0 amide bonds. The predicted molar refractivity (Wildman–Crippen MR) is 84.8 cm³/mol. The maximum atomic E-state index is 10.2. The van der Waals surface area contributed by atoms with Crippen molar-refractivity contribution in [3.63, 3.8) is 0 Å². The minimum atomic E-state index is -0.682. The quantitative estimate of drug-likeness (QED) is 0.452. The van der Waals surface area contributed by atoms with Gasteiger partial charge in [0.2, 0.25) is 0 Å². The molecule has 0 saturated heterocycles. The molecule has 0 aliphatic carbocycles. The van der Waals surface area contributed by atoms with Gasteiger partial charge in [-0.05, 0) is 46.5 Å². The van der Waals surface area contributed by atoms with E-state index in [4.69, 9.17) is 5.11 Å². The summed E-state index contributed by atoms with van der Waals surface area (Å²) in [5, 5.41) is 28.6. The van der Waals surface area contributed by atoms with Crippen molar-refractivity contribution in [2.45, 2.75) is 103 Å². The van der Waals surface area contributed by atoms with Gasteiger partial charge in [0.15, 0.2) is 0 Å². The Kier molecular flexibility index (Phi) is 10.5. The lowest BCUT2D eigenvalue weighted by molar-refractivity contribution is -0.000182. The van der Waals surface area contributed by atoms with E-state index in [-0.39, 0.29) is 0 Å². The van der Waals surface area contributed by atoms with Crippen molar-refractivity contribution in [1.29, 1.82) is 0 Å². The highest BCUT2D eigenvalue weighted by atomic mass is 16.3. The summed E-state index contributed by atoms with van der Waals surface area (Å²) in [6.07, 6.45) is 11.4. The summed E-state index contributed by atoms with van der Waals surface area (Å²) in [4.78, 5) is 0. The van der Waals surface area contributed by atoms with E-state index >= 15 is 0 Å². The van der Waals surface area contributed by atoms with Gasteiger partial charge in [-0.1, -0.05) is 44.9 Å². The normalized spacial score (nSPS) is 15.3. The van der Waals surface area contributed by atoms with Crippen LogP contribution in [0.4, 0.5) is 0 Å². The zero-order valence-corrected chi connectivity index (χ0v) is 13.8.